The zero-order valence-corrected chi connectivity index (χ0v) is 10.3. The fraction of sp³-hybridized carbons (Fsp3) is 0.364. The van der Waals surface area contributed by atoms with E-state index in [9.17, 15) is 10.2 Å². The van der Waals surface area contributed by atoms with Crippen molar-refractivity contribution in [1.82, 2.24) is 0 Å². The zero-order valence-electron chi connectivity index (χ0n) is 8.58. The van der Waals surface area contributed by atoms with E-state index in [0.717, 1.165) is 0 Å². The summed E-state index contributed by atoms with van der Waals surface area (Å²) in [7, 11) is 0. The highest BCUT2D eigenvalue weighted by molar-refractivity contribution is 7.80. The molecule has 3 nitrogen and oxygen atoms in total. The number of isothiocyanates is 1. The molecule has 16 heavy (non-hydrogen) atoms. The number of benzene rings is 1. The fourth-order valence-electron chi connectivity index (χ4n) is 1.39. The Morgan fingerprint density at radius 1 is 1.38 bits per heavy atom. The fourth-order valence-corrected chi connectivity index (χ4v) is 1.75. The summed E-state index contributed by atoms with van der Waals surface area (Å²) < 4.78 is 0. The molecular weight excluding hydrogens is 242 g/mol. The van der Waals surface area contributed by atoms with Gasteiger partial charge in [0.2, 0.25) is 0 Å². The minimum atomic E-state index is -0.976. The summed E-state index contributed by atoms with van der Waals surface area (Å²) in [6.07, 6.45) is -1.41. The van der Waals surface area contributed by atoms with Crippen molar-refractivity contribution >= 4 is 35.7 Å². The van der Waals surface area contributed by atoms with Crippen LogP contribution in [-0.2, 0) is 0 Å². The molecule has 86 valence electrons. The van der Waals surface area contributed by atoms with Crippen LogP contribution in [0, 0.1) is 0 Å². The Balaban J connectivity index is 2.97. The van der Waals surface area contributed by atoms with Crippen LogP contribution in [-0.4, -0.2) is 27.2 Å². The quantitative estimate of drug-likeness (QED) is 0.429. The van der Waals surface area contributed by atoms with Gasteiger partial charge in [-0.05, 0) is 30.5 Å². The summed E-state index contributed by atoms with van der Waals surface area (Å²) in [5.41, 5.74) is 1.08. The van der Waals surface area contributed by atoms with Crippen molar-refractivity contribution < 1.29 is 10.2 Å². The van der Waals surface area contributed by atoms with Crippen LogP contribution in [0.25, 0.3) is 0 Å². The van der Waals surface area contributed by atoms with Crippen LogP contribution in [0.1, 0.15) is 18.1 Å². The minimum absolute atomic E-state index is 0.417. The number of aliphatic imine (C=N–C) groups is 1. The van der Waals surface area contributed by atoms with Gasteiger partial charge in [0.05, 0.1) is 17.0 Å². The summed E-state index contributed by atoms with van der Waals surface area (Å²) in [6, 6.07) is 6.98. The van der Waals surface area contributed by atoms with Crippen LogP contribution < -0.4 is 0 Å². The second-order valence-electron chi connectivity index (χ2n) is 3.29. The number of thiocarbonyl (C=S) groups is 1. The molecule has 2 unspecified atom stereocenters. The maximum Gasteiger partial charge on any atom is 0.107 e. The standard InChI is InChI=1S/C11H13NO2S2/c13-10(5-6-15)11(14)8-3-1-2-4-9(8)12-7-16/h1-4,10-11,13-15H,5-6H2. The van der Waals surface area contributed by atoms with Crippen molar-refractivity contribution in [3.63, 3.8) is 0 Å². The normalized spacial score (nSPS) is 13.9. The van der Waals surface area contributed by atoms with E-state index in [1.807, 2.05) is 0 Å². The molecule has 0 radical (unpaired) electrons. The molecule has 5 heteroatoms. The maximum absolute atomic E-state index is 9.92. The molecule has 1 aromatic carbocycles. The Kier molecular flexibility index (Phi) is 5.66. The van der Waals surface area contributed by atoms with Gasteiger partial charge in [-0.3, -0.25) is 0 Å². The third kappa shape index (κ3) is 3.40. The first-order chi connectivity index (χ1) is 7.70. The van der Waals surface area contributed by atoms with Gasteiger partial charge < -0.3 is 10.2 Å². The number of aliphatic hydroxyl groups is 2. The molecule has 2 atom stereocenters. The summed E-state index contributed by atoms with van der Waals surface area (Å²) in [6.45, 7) is 0. The molecule has 1 aromatic rings. The molecule has 0 aliphatic carbocycles. The van der Waals surface area contributed by atoms with Crippen LogP contribution in [0.4, 0.5) is 5.69 Å². The summed E-state index contributed by atoms with van der Waals surface area (Å²) in [5.74, 6) is 0.511. The van der Waals surface area contributed by atoms with Gasteiger partial charge in [-0.15, -0.1) is 0 Å². The van der Waals surface area contributed by atoms with Crippen molar-refractivity contribution in [3.8, 4) is 0 Å². The highest BCUT2D eigenvalue weighted by Crippen LogP contribution is 2.28. The van der Waals surface area contributed by atoms with E-state index < -0.39 is 12.2 Å². The van der Waals surface area contributed by atoms with E-state index in [0.29, 0.717) is 23.4 Å². The van der Waals surface area contributed by atoms with Crippen molar-refractivity contribution in [2.24, 2.45) is 4.99 Å². The number of hydrogen-bond donors (Lipinski definition) is 3. The van der Waals surface area contributed by atoms with Crippen molar-refractivity contribution in [2.75, 3.05) is 5.75 Å². The highest BCUT2D eigenvalue weighted by Gasteiger charge is 2.19. The molecule has 0 spiro atoms. The highest BCUT2D eigenvalue weighted by atomic mass is 32.1. The molecule has 0 bridgehead atoms. The van der Waals surface area contributed by atoms with E-state index in [1.165, 1.54) is 0 Å². The molecule has 1 rings (SSSR count). The molecule has 0 aliphatic heterocycles. The molecular formula is C11H13NO2S2. The second-order valence-corrected chi connectivity index (χ2v) is 3.92. The third-order valence-corrected chi connectivity index (χ3v) is 2.56. The van der Waals surface area contributed by atoms with Gasteiger partial charge >= 0.3 is 0 Å². The van der Waals surface area contributed by atoms with E-state index in [4.69, 9.17) is 0 Å². The predicted octanol–water partition coefficient (Wildman–Crippen LogP) is 2.14. The lowest BCUT2D eigenvalue weighted by molar-refractivity contribution is 0.0176. The topological polar surface area (TPSA) is 52.8 Å². The Hall–Kier alpha value is -0.710. The summed E-state index contributed by atoms with van der Waals surface area (Å²) in [4.78, 5) is 3.84. The summed E-state index contributed by atoms with van der Waals surface area (Å²) in [5, 5.41) is 21.8. The van der Waals surface area contributed by atoms with Crippen LogP contribution in [0.2, 0.25) is 0 Å². The van der Waals surface area contributed by atoms with Gasteiger partial charge in [-0.25, -0.2) is 0 Å². The number of para-hydroxylation sites is 1. The number of rotatable bonds is 5. The van der Waals surface area contributed by atoms with Crippen LogP contribution in [0.5, 0.6) is 0 Å². The van der Waals surface area contributed by atoms with Crippen molar-refractivity contribution in [2.45, 2.75) is 18.6 Å². The number of hydrogen-bond acceptors (Lipinski definition) is 5. The lowest BCUT2D eigenvalue weighted by Gasteiger charge is -2.18. The first-order valence-corrected chi connectivity index (χ1v) is 5.88. The molecule has 0 fully saturated rings. The lowest BCUT2D eigenvalue weighted by Crippen LogP contribution is -2.18. The molecule has 0 saturated carbocycles. The zero-order chi connectivity index (χ0) is 12.0. The third-order valence-electron chi connectivity index (χ3n) is 2.21. The predicted molar refractivity (Wildman–Crippen MR) is 70.6 cm³/mol. The van der Waals surface area contributed by atoms with Gasteiger partial charge in [0.15, 0.2) is 0 Å². The first kappa shape index (κ1) is 13.4. The number of thiol groups is 1. The average Bonchev–Trinajstić information content (AvgIpc) is 2.29. The first-order valence-electron chi connectivity index (χ1n) is 4.84. The number of aliphatic hydroxyl groups excluding tert-OH is 2. The van der Waals surface area contributed by atoms with Crippen LogP contribution >= 0.6 is 24.8 Å². The van der Waals surface area contributed by atoms with E-state index in [-0.39, 0.29) is 0 Å². The van der Waals surface area contributed by atoms with E-state index in [2.05, 4.69) is 35.0 Å². The largest absolute Gasteiger partial charge is 0.390 e. The van der Waals surface area contributed by atoms with Gasteiger partial charge in [0.1, 0.15) is 6.10 Å². The Morgan fingerprint density at radius 2 is 2.06 bits per heavy atom. The maximum atomic E-state index is 9.92. The molecule has 0 aromatic heterocycles. The summed E-state index contributed by atoms with van der Waals surface area (Å²) >= 11 is 8.53. The minimum Gasteiger partial charge on any atom is -0.390 e. The Labute approximate surface area is 105 Å². The second kappa shape index (κ2) is 6.78. The van der Waals surface area contributed by atoms with Crippen LogP contribution in [0.15, 0.2) is 29.3 Å². The van der Waals surface area contributed by atoms with Gasteiger partial charge in [-0.2, -0.15) is 17.6 Å². The molecule has 0 heterocycles. The smallest absolute Gasteiger partial charge is 0.107 e. The van der Waals surface area contributed by atoms with E-state index >= 15 is 0 Å². The Bertz CT molecular complexity index is 391. The van der Waals surface area contributed by atoms with Crippen molar-refractivity contribution in [3.05, 3.63) is 29.8 Å². The van der Waals surface area contributed by atoms with Crippen LogP contribution in [0.3, 0.4) is 0 Å². The van der Waals surface area contributed by atoms with Crippen molar-refractivity contribution in [1.29, 1.82) is 0 Å². The molecule has 0 amide bonds. The SMILES string of the molecule is OC(CCS)C(O)c1ccccc1N=C=S. The lowest BCUT2D eigenvalue weighted by atomic mass is 10.0. The van der Waals surface area contributed by atoms with E-state index in [1.54, 1.807) is 24.3 Å². The van der Waals surface area contributed by atoms with Gasteiger partial charge in [0.25, 0.3) is 0 Å². The Morgan fingerprint density at radius 3 is 2.69 bits per heavy atom. The molecule has 2 N–H and O–H groups in total. The monoisotopic (exact) mass is 255 g/mol. The number of nitrogens with zero attached hydrogens (tertiary/aromatic N) is 1. The average molecular weight is 255 g/mol. The molecule has 0 saturated heterocycles. The van der Waals surface area contributed by atoms with Gasteiger partial charge in [0, 0.05) is 5.56 Å². The van der Waals surface area contributed by atoms with Gasteiger partial charge in [-0.1, -0.05) is 18.2 Å². The molecule has 0 aliphatic rings.